The minimum atomic E-state index is -0.394. The molecule has 1 aliphatic carbocycles. The average molecular weight is 622 g/mol. The van der Waals surface area contributed by atoms with Crippen LogP contribution in [0.2, 0.25) is 0 Å². The summed E-state index contributed by atoms with van der Waals surface area (Å²) in [5.74, 6) is 0.427. The van der Waals surface area contributed by atoms with Crippen molar-refractivity contribution in [3.8, 4) is 11.5 Å². The highest BCUT2D eigenvalue weighted by Crippen LogP contribution is 2.33. The van der Waals surface area contributed by atoms with Crippen LogP contribution >= 0.6 is 12.4 Å². The first-order valence-corrected chi connectivity index (χ1v) is 15.7. The Morgan fingerprint density at radius 1 is 0.886 bits per heavy atom. The number of benzene rings is 2. The van der Waals surface area contributed by atoms with Gasteiger partial charge < -0.3 is 24.5 Å². The van der Waals surface area contributed by atoms with Crippen LogP contribution in [0.3, 0.4) is 0 Å². The highest BCUT2D eigenvalue weighted by molar-refractivity contribution is 5.95. The Kier molecular flexibility index (Phi) is 12.3. The first-order valence-electron chi connectivity index (χ1n) is 15.7. The third kappa shape index (κ3) is 8.03. The molecule has 0 unspecified atom stereocenters. The standard InChI is InChI=1S/C35H43N3O5.ClH/c1-41-24-21-30(42-2)33-29(39)23-32(43-31(33)22-24)35(40)37-20-14-8-6-4-3-5-7-13-19-36-34-25-15-9-11-17-27(25)38-28-18-12-10-16-26(28)34;/h9,11,15,17,21-23H,3-8,10,12-14,16,18-20H2,1-2H3,(H,36,38)(H,37,40);1H. The zero-order valence-electron chi connectivity index (χ0n) is 25.8. The van der Waals surface area contributed by atoms with Gasteiger partial charge in [0.1, 0.15) is 22.5 Å². The largest absolute Gasteiger partial charge is 0.496 e. The van der Waals surface area contributed by atoms with Crippen molar-refractivity contribution in [2.45, 2.75) is 77.0 Å². The van der Waals surface area contributed by atoms with Crippen molar-refractivity contribution in [3.63, 3.8) is 0 Å². The number of carbonyl (C=O) groups is 1. The van der Waals surface area contributed by atoms with Crippen molar-refractivity contribution in [3.05, 3.63) is 69.7 Å². The number of unbranched alkanes of at least 4 members (excludes halogenated alkanes) is 7. The SMILES string of the molecule is COc1cc(OC)c2c(=O)cc(C(=O)NCCCCCCCCCCNc3c4c(nc5ccccc35)CCCC4)oc2c1.Cl. The molecule has 2 heterocycles. The number of aryl methyl sites for hydroxylation is 1. The van der Waals surface area contributed by atoms with Crippen LogP contribution < -0.4 is 25.5 Å². The molecule has 2 N–H and O–H groups in total. The van der Waals surface area contributed by atoms with Crippen LogP contribution in [0.5, 0.6) is 11.5 Å². The molecule has 0 fully saturated rings. The number of carbonyl (C=O) groups excluding carboxylic acids is 1. The fourth-order valence-corrected chi connectivity index (χ4v) is 6.01. The molecule has 0 bridgehead atoms. The maximum atomic E-state index is 12.6. The third-order valence-corrected chi connectivity index (χ3v) is 8.31. The lowest BCUT2D eigenvalue weighted by Crippen LogP contribution is -2.25. The lowest BCUT2D eigenvalue weighted by molar-refractivity contribution is 0.0925. The molecular formula is C35H44ClN3O5. The zero-order chi connectivity index (χ0) is 30.0. The molecule has 0 aliphatic heterocycles. The van der Waals surface area contributed by atoms with E-state index in [2.05, 4.69) is 34.9 Å². The molecule has 5 rings (SSSR count). The monoisotopic (exact) mass is 621 g/mol. The Hall–Kier alpha value is -3.78. The fourth-order valence-electron chi connectivity index (χ4n) is 6.01. The van der Waals surface area contributed by atoms with E-state index >= 15 is 0 Å². The van der Waals surface area contributed by atoms with Crippen molar-refractivity contribution in [2.24, 2.45) is 0 Å². The zero-order valence-corrected chi connectivity index (χ0v) is 26.7. The number of fused-ring (bicyclic) bond motifs is 3. The summed E-state index contributed by atoms with van der Waals surface area (Å²) < 4.78 is 16.3. The number of hydrogen-bond acceptors (Lipinski definition) is 7. The highest BCUT2D eigenvalue weighted by Gasteiger charge is 2.18. The normalized spacial score (nSPS) is 12.4. The minimum absolute atomic E-state index is 0. The number of anilines is 1. The second kappa shape index (κ2) is 16.3. The number of para-hydroxylation sites is 1. The van der Waals surface area contributed by atoms with Crippen LogP contribution in [0, 0.1) is 0 Å². The first kappa shape index (κ1) is 33.1. The summed E-state index contributed by atoms with van der Waals surface area (Å²) in [5.41, 5.74) is 5.07. The Morgan fingerprint density at radius 2 is 1.59 bits per heavy atom. The fraction of sp³-hybridized carbons (Fsp3) is 0.457. The van der Waals surface area contributed by atoms with Gasteiger partial charge in [-0.05, 0) is 50.2 Å². The van der Waals surface area contributed by atoms with E-state index in [-0.39, 0.29) is 34.6 Å². The lowest BCUT2D eigenvalue weighted by atomic mass is 9.92. The number of nitrogens with one attached hydrogen (secondary N) is 2. The molecule has 8 nitrogen and oxygen atoms in total. The van der Waals surface area contributed by atoms with Crippen molar-refractivity contribution in [2.75, 3.05) is 32.6 Å². The Balaban J connectivity index is 0.00000442. The van der Waals surface area contributed by atoms with Crippen molar-refractivity contribution >= 4 is 45.9 Å². The van der Waals surface area contributed by atoms with Crippen LogP contribution in [0.15, 0.2) is 51.7 Å². The number of halogens is 1. The Morgan fingerprint density at radius 3 is 2.34 bits per heavy atom. The van der Waals surface area contributed by atoms with Crippen molar-refractivity contribution in [1.82, 2.24) is 10.3 Å². The van der Waals surface area contributed by atoms with Gasteiger partial charge in [0.15, 0.2) is 11.2 Å². The molecule has 1 amide bonds. The summed E-state index contributed by atoms with van der Waals surface area (Å²) in [5, 5.41) is 8.19. The number of nitrogens with zero attached hydrogens (tertiary/aromatic N) is 1. The van der Waals surface area contributed by atoms with Gasteiger partial charge in [-0.15, -0.1) is 12.4 Å². The Labute approximate surface area is 265 Å². The van der Waals surface area contributed by atoms with E-state index in [4.69, 9.17) is 18.9 Å². The second-order valence-corrected chi connectivity index (χ2v) is 11.3. The van der Waals surface area contributed by atoms with Gasteiger partial charge in [-0.1, -0.05) is 56.7 Å². The predicted molar refractivity (Wildman–Crippen MR) is 179 cm³/mol. The van der Waals surface area contributed by atoms with Crippen molar-refractivity contribution in [1.29, 1.82) is 0 Å². The molecule has 2 aromatic carbocycles. The minimum Gasteiger partial charge on any atom is -0.496 e. The molecule has 1 aliphatic rings. The number of hydrogen-bond donors (Lipinski definition) is 2. The number of ether oxygens (including phenoxy) is 2. The summed E-state index contributed by atoms with van der Waals surface area (Å²) in [6.07, 6.45) is 13.9. The van der Waals surface area contributed by atoms with Crippen LogP contribution in [0.4, 0.5) is 5.69 Å². The van der Waals surface area contributed by atoms with Crippen LogP contribution in [-0.4, -0.2) is 38.2 Å². The number of aromatic nitrogens is 1. The lowest BCUT2D eigenvalue weighted by Gasteiger charge is -2.21. The molecule has 0 saturated carbocycles. The number of methoxy groups -OCH3 is 2. The molecule has 2 aromatic heterocycles. The number of pyridine rings is 1. The van der Waals surface area contributed by atoms with Gasteiger partial charge in [-0.3, -0.25) is 14.6 Å². The molecule has 0 atom stereocenters. The molecule has 9 heteroatoms. The first-order chi connectivity index (χ1) is 21.1. The van der Waals surface area contributed by atoms with Gasteiger partial charge in [-0.2, -0.15) is 0 Å². The van der Waals surface area contributed by atoms with Gasteiger partial charge in [0, 0.05) is 48.1 Å². The van der Waals surface area contributed by atoms with E-state index in [0.717, 1.165) is 44.2 Å². The summed E-state index contributed by atoms with van der Waals surface area (Å²) in [6, 6.07) is 12.9. The predicted octanol–water partition coefficient (Wildman–Crippen LogP) is 7.62. The van der Waals surface area contributed by atoms with E-state index in [1.54, 1.807) is 12.1 Å². The summed E-state index contributed by atoms with van der Waals surface area (Å²) in [6.45, 7) is 1.54. The number of rotatable bonds is 15. The van der Waals surface area contributed by atoms with Gasteiger partial charge in [-0.25, -0.2) is 0 Å². The second-order valence-electron chi connectivity index (χ2n) is 11.3. The molecule has 0 spiro atoms. The molecular weight excluding hydrogens is 578 g/mol. The van der Waals surface area contributed by atoms with Gasteiger partial charge in [0.25, 0.3) is 5.91 Å². The van der Waals surface area contributed by atoms with Gasteiger partial charge >= 0.3 is 0 Å². The van der Waals surface area contributed by atoms with E-state index in [9.17, 15) is 9.59 Å². The maximum absolute atomic E-state index is 12.6. The third-order valence-electron chi connectivity index (χ3n) is 8.31. The molecule has 0 saturated heterocycles. The summed E-state index contributed by atoms with van der Waals surface area (Å²) in [7, 11) is 2.99. The molecule has 236 valence electrons. The average Bonchev–Trinajstić information content (AvgIpc) is 3.03. The quantitative estimate of drug-likeness (QED) is 0.132. The maximum Gasteiger partial charge on any atom is 0.287 e. The Bertz CT molecular complexity index is 1620. The highest BCUT2D eigenvalue weighted by atomic mass is 35.5. The molecule has 0 radical (unpaired) electrons. The van der Waals surface area contributed by atoms with E-state index in [1.807, 2.05) is 0 Å². The van der Waals surface area contributed by atoms with E-state index in [1.165, 1.54) is 87.6 Å². The molecule has 44 heavy (non-hydrogen) atoms. The topological polar surface area (TPSA) is 103 Å². The van der Waals surface area contributed by atoms with Crippen molar-refractivity contribution < 1.29 is 18.7 Å². The van der Waals surface area contributed by atoms with E-state index in [0.29, 0.717) is 18.0 Å². The number of amides is 1. The van der Waals surface area contributed by atoms with Gasteiger partial charge in [0.05, 0.1) is 19.7 Å². The van der Waals surface area contributed by atoms with Crippen LogP contribution in [0.1, 0.15) is 86.0 Å². The summed E-state index contributed by atoms with van der Waals surface area (Å²) in [4.78, 5) is 30.2. The smallest absolute Gasteiger partial charge is 0.287 e. The van der Waals surface area contributed by atoms with E-state index < -0.39 is 5.91 Å². The van der Waals surface area contributed by atoms with Crippen LogP contribution in [-0.2, 0) is 12.8 Å². The van der Waals surface area contributed by atoms with Crippen LogP contribution in [0.25, 0.3) is 21.9 Å². The molecule has 4 aromatic rings. The van der Waals surface area contributed by atoms with Gasteiger partial charge in [0.2, 0.25) is 0 Å². The summed E-state index contributed by atoms with van der Waals surface area (Å²) >= 11 is 0.